The first-order valence-electron chi connectivity index (χ1n) is 7.52. The zero-order valence-corrected chi connectivity index (χ0v) is 12.7. The zero-order valence-electron chi connectivity index (χ0n) is 12.7. The van der Waals surface area contributed by atoms with Crippen molar-refractivity contribution in [3.8, 4) is 11.5 Å². The van der Waals surface area contributed by atoms with Gasteiger partial charge in [0.25, 0.3) is 5.91 Å². The molecule has 0 atom stereocenters. The third-order valence-corrected chi connectivity index (χ3v) is 3.51. The first kappa shape index (κ1) is 15.1. The number of aromatic hydroxyl groups is 1. The molecule has 1 amide bonds. The second-order valence-electron chi connectivity index (χ2n) is 5.34. The van der Waals surface area contributed by atoms with E-state index in [9.17, 15) is 9.90 Å². The van der Waals surface area contributed by atoms with Crippen molar-refractivity contribution in [2.75, 3.05) is 6.61 Å². The number of benzene rings is 1. The summed E-state index contributed by atoms with van der Waals surface area (Å²) in [5.41, 5.74) is 4.45. The fourth-order valence-corrected chi connectivity index (χ4v) is 2.16. The van der Waals surface area contributed by atoms with Gasteiger partial charge in [-0.05, 0) is 49.6 Å². The lowest BCUT2D eigenvalue weighted by atomic mass is 10.2. The third kappa shape index (κ3) is 3.68. The van der Waals surface area contributed by atoms with Gasteiger partial charge in [-0.15, -0.1) is 0 Å². The van der Waals surface area contributed by atoms with Crippen LogP contribution in [0.1, 0.15) is 47.4 Å². The van der Waals surface area contributed by atoms with Crippen molar-refractivity contribution in [1.29, 1.82) is 0 Å². The SMILES string of the molecule is CCOc1cc(/C=N\NC(=O)c2cc(C3CC3)[nH]n2)ccc1O. The molecular weight excluding hydrogens is 296 g/mol. The molecule has 0 bridgehead atoms. The molecule has 1 fully saturated rings. The van der Waals surface area contributed by atoms with Crippen LogP contribution in [-0.2, 0) is 0 Å². The van der Waals surface area contributed by atoms with E-state index in [4.69, 9.17) is 4.74 Å². The highest BCUT2D eigenvalue weighted by molar-refractivity contribution is 5.93. The molecule has 120 valence electrons. The van der Waals surface area contributed by atoms with Gasteiger partial charge in [-0.2, -0.15) is 10.2 Å². The Bertz CT molecular complexity index is 735. The number of nitrogens with one attached hydrogen (secondary N) is 2. The molecule has 1 aliphatic carbocycles. The van der Waals surface area contributed by atoms with Crippen molar-refractivity contribution in [2.45, 2.75) is 25.7 Å². The van der Waals surface area contributed by atoms with Gasteiger partial charge in [-0.25, -0.2) is 5.43 Å². The number of carbonyl (C=O) groups is 1. The first-order chi connectivity index (χ1) is 11.2. The number of aromatic nitrogens is 2. The maximum absolute atomic E-state index is 11.9. The summed E-state index contributed by atoms with van der Waals surface area (Å²) < 4.78 is 5.29. The van der Waals surface area contributed by atoms with E-state index in [2.05, 4.69) is 20.7 Å². The number of phenolic OH excluding ortho intramolecular Hbond substituents is 1. The topological polar surface area (TPSA) is 99.6 Å². The fraction of sp³-hybridized carbons (Fsp3) is 0.312. The number of hydrogen-bond acceptors (Lipinski definition) is 5. The second kappa shape index (κ2) is 6.51. The molecule has 2 aromatic rings. The number of hydrogen-bond donors (Lipinski definition) is 3. The number of H-pyrrole nitrogens is 1. The molecule has 1 saturated carbocycles. The molecule has 7 nitrogen and oxygen atoms in total. The lowest BCUT2D eigenvalue weighted by molar-refractivity contribution is 0.0950. The van der Waals surface area contributed by atoms with Gasteiger partial charge in [0.15, 0.2) is 17.2 Å². The number of hydrazone groups is 1. The fourth-order valence-electron chi connectivity index (χ4n) is 2.16. The Morgan fingerprint density at radius 1 is 1.52 bits per heavy atom. The Hall–Kier alpha value is -2.83. The first-order valence-corrected chi connectivity index (χ1v) is 7.52. The summed E-state index contributed by atoms with van der Waals surface area (Å²) in [7, 11) is 0. The molecular formula is C16H18N4O3. The smallest absolute Gasteiger partial charge is 0.291 e. The van der Waals surface area contributed by atoms with Crippen LogP contribution in [0, 0.1) is 0 Å². The molecule has 0 spiro atoms. The van der Waals surface area contributed by atoms with E-state index in [0.717, 1.165) is 18.5 Å². The summed E-state index contributed by atoms with van der Waals surface area (Å²) in [4.78, 5) is 11.9. The van der Waals surface area contributed by atoms with Crippen LogP contribution in [0.2, 0.25) is 0 Å². The van der Waals surface area contributed by atoms with Crippen LogP contribution in [0.5, 0.6) is 11.5 Å². The highest BCUT2D eigenvalue weighted by atomic mass is 16.5. The minimum Gasteiger partial charge on any atom is -0.504 e. The standard InChI is InChI=1S/C16H18N4O3/c1-2-23-15-7-10(3-6-14(15)21)9-17-20-16(22)13-8-12(18-19-13)11-4-5-11/h3,6-9,11,21H,2,4-5H2,1H3,(H,18,19)(H,20,22)/b17-9-. The Balaban J connectivity index is 1.61. The second-order valence-corrected chi connectivity index (χ2v) is 5.34. The van der Waals surface area contributed by atoms with E-state index < -0.39 is 0 Å². The molecule has 1 heterocycles. The minimum atomic E-state index is -0.367. The van der Waals surface area contributed by atoms with Crippen molar-refractivity contribution >= 4 is 12.1 Å². The van der Waals surface area contributed by atoms with Gasteiger partial charge in [0.05, 0.1) is 12.8 Å². The molecule has 0 saturated heterocycles. The minimum absolute atomic E-state index is 0.0668. The Morgan fingerprint density at radius 3 is 3.09 bits per heavy atom. The lowest BCUT2D eigenvalue weighted by Crippen LogP contribution is -2.18. The number of amides is 1. The van der Waals surface area contributed by atoms with E-state index in [-0.39, 0.29) is 11.7 Å². The van der Waals surface area contributed by atoms with E-state index in [1.165, 1.54) is 12.3 Å². The Morgan fingerprint density at radius 2 is 2.35 bits per heavy atom. The van der Waals surface area contributed by atoms with Crippen molar-refractivity contribution in [1.82, 2.24) is 15.6 Å². The maximum atomic E-state index is 11.9. The summed E-state index contributed by atoms with van der Waals surface area (Å²) in [6.07, 6.45) is 3.77. The highest BCUT2D eigenvalue weighted by Crippen LogP contribution is 2.38. The average Bonchev–Trinajstić information content (AvgIpc) is 3.27. The predicted molar refractivity (Wildman–Crippen MR) is 84.9 cm³/mol. The van der Waals surface area contributed by atoms with Crippen LogP contribution in [0.25, 0.3) is 0 Å². The molecule has 0 radical (unpaired) electrons. The normalized spacial score (nSPS) is 14.1. The van der Waals surface area contributed by atoms with Crippen LogP contribution < -0.4 is 10.2 Å². The summed E-state index contributed by atoms with van der Waals surface area (Å²) >= 11 is 0. The number of carbonyl (C=O) groups excluding carboxylic acids is 1. The van der Waals surface area contributed by atoms with Crippen LogP contribution in [0.3, 0.4) is 0 Å². The van der Waals surface area contributed by atoms with Crippen LogP contribution in [-0.4, -0.2) is 34.0 Å². The average molecular weight is 314 g/mol. The number of nitrogens with zero attached hydrogens (tertiary/aromatic N) is 2. The number of aromatic amines is 1. The lowest BCUT2D eigenvalue weighted by Gasteiger charge is -2.05. The predicted octanol–water partition coefficient (Wildman–Crippen LogP) is 2.16. The zero-order chi connectivity index (χ0) is 16.2. The van der Waals surface area contributed by atoms with Gasteiger partial charge < -0.3 is 9.84 Å². The van der Waals surface area contributed by atoms with E-state index in [0.29, 0.717) is 29.5 Å². The summed E-state index contributed by atoms with van der Waals surface area (Å²) in [6, 6.07) is 6.60. The molecule has 3 N–H and O–H groups in total. The molecule has 1 aliphatic rings. The van der Waals surface area contributed by atoms with Gasteiger partial charge >= 0.3 is 0 Å². The van der Waals surface area contributed by atoms with Crippen molar-refractivity contribution < 1.29 is 14.6 Å². The molecule has 3 rings (SSSR count). The number of ether oxygens (including phenoxy) is 1. The van der Waals surface area contributed by atoms with Gasteiger partial charge in [0.1, 0.15) is 0 Å². The van der Waals surface area contributed by atoms with E-state index >= 15 is 0 Å². The van der Waals surface area contributed by atoms with Crippen LogP contribution in [0.15, 0.2) is 29.4 Å². The van der Waals surface area contributed by atoms with Gasteiger partial charge in [0.2, 0.25) is 0 Å². The van der Waals surface area contributed by atoms with E-state index in [1.54, 1.807) is 18.2 Å². The van der Waals surface area contributed by atoms with Gasteiger partial charge in [0, 0.05) is 11.6 Å². The van der Waals surface area contributed by atoms with Crippen molar-refractivity contribution in [3.63, 3.8) is 0 Å². The van der Waals surface area contributed by atoms with Crippen molar-refractivity contribution in [3.05, 3.63) is 41.2 Å². The summed E-state index contributed by atoms with van der Waals surface area (Å²) in [6.45, 7) is 2.29. The van der Waals surface area contributed by atoms with Crippen molar-refractivity contribution in [2.24, 2.45) is 5.10 Å². The molecule has 23 heavy (non-hydrogen) atoms. The monoisotopic (exact) mass is 314 g/mol. The van der Waals surface area contributed by atoms with Crippen LogP contribution >= 0.6 is 0 Å². The molecule has 0 unspecified atom stereocenters. The maximum Gasteiger partial charge on any atom is 0.291 e. The molecule has 1 aromatic heterocycles. The van der Waals surface area contributed by atoms with Crippen LogP contribution in [0.4, 0.5) is 0 Å². The quantitative estimate of drug-likeness (QED) is 0.562. The largest absolute Gasteiger partial charge is 0.504 e. The number of rotatable bonds is 6. The van der Waals surface area contributed by atoms with E-state index in [1.807, 2.05) is 6.92 Å². The van der Waals surface area contributed by atoms with Gasteiger partial charge in [-0.3, -0.25) is 9.89 Å². The molecule has 0 aliphatic heterocycles. The van der Waals surface area contributed by atoms with Gasteiger partial charge in [-0.1, -0.05) is 0 Å². The third-order valence-electron chi connectivity index (χ3n) is 3.51. The molecule has 1 aromatic carbocycles. The summed E-state index contributed by atoms with van der Waals surface area (Å²) in [5, 5.41) is 20.4. The highest BCUT2D eigenvalue weighted by Gasteiger charge is 2.26. The summed E-state index contributed by atoms with van der Waals surface area (Å²) in [5.74, 6) is 0.594. The Labute approximate surface area is 133 Å². The Kier molecular flexibility index (Phi) is 4.27. The number of phenols is 1. The molecule has 7 heteroatoms.